The van der Waals surface area contributed by atoms with E-state index in [0.717, 1.165) is 43.5 Å². The molecule has 1 N–H and O–H groups in total. The Hall–Kier alpha value is -2.14. The van der Waals surface area contributed by atoms with Crippen LogP contribution in [-0.4, -0.2) is 36.3 Å². The van der Waals surface area contributed by atoms with Gasteiger partial charge in [-0.25, -0.2) is 4.98 Å². The summed E-state index contributed by atoms with van der Waals surface area (Å²) in [4.78, 5) is 11.1. The number of nitrogens with zero attached hydrogens (tertiary/aromatic N) is 3. The first-order valence-corrected chi connectivity index (χ1v) is 7.25. The molecule has 0 aromatic carbocycles. The summed E-state index contributed by atoms with van der Waals surface area (Å²) >= 11 is 0. The smallest absolute Gasteiger partial charge is 0.128 e. The number of nitrogens with one attached hydrogen (secondary N) is 1. The van der Waals surface area contributed by atoms with Gasteiger partial charge in [-0.1, -0.05) is 6.07 Å². The molecule has 2 aromatic rings. The van der Waals surface area contributed by atoms with E-state index in [1.807, 2.05) is 25.4 Å². The van der Waals surface area contributed by atoms with Gasteiger partial charge in [0.05, 0.1) is 37.3 Å². The zero-order valence-electron chi connectivity index (χ0n) is 12.2. The van der Waals surface area contributed by atoms with E-state index in [9.17, 15) is 0 Å². The first kappa shape index (κ1) is 13.8. The Morgan fingerprint density at radius 2 is 1.95 bits per heavy atom. The molecule has 1 aliphatic heterocycles. The number of pyridine rings is 2. The van der Waals surface area contributed by atoms with Gasteiger partial charge in [-0.15, -0.1) is 0 Å². The van der Waals surface area contributed by atoms with Crippen LogP contribution in [0, 0.1) is 6.92 Å². The maximum Gasteiger partial charge on any atom is 0.128 e. The van der Waals surface area contributed by atoms with Gasteiger partial charge in [-0.2, -0.15) is 0 Å². The van der Waals surface area contributed by atoms with Crippen LogP contribution in [0.5, 0.6) is 0 Å². The molecule has 5 nitrogen and oxygen atoms in total. The van der Waals surface area contributed by atoms with Crippen LogP contribution in [0.25, 0.3) is 0 Å². The fourth-order valence-corrected chi connectivity index (χ4v) is 2.27. The van der Waals surface area contributed by atoms with E-state index in [4.69, 9.17) is 4.74 Å². The minimum Gasteiger partial charge on any atom is -0.378 e. The highest BCUT2D eigenvalue weighted by molar-refractivity contribution is 5.48. The van der Waals surface area contributed by atoms with E-state index >= 15 is 0 Å². The molecule has 0 radical (unpaired) electrons. The molecule has 1 saturated heterocycles. The van der Waals surface area contributed by atoms with Crippen molar-refractivity contribution in [2.24, 2.45) is 0 Å². The molecule has 2 aromatic heterocycles. The van der Waals surface area contributed by atoms with Gasteiger partial charge in [0.25, 0.3) is 0 Å². The SMILES string of the molecule is Cc1ccc(CNc2ccc(N3CCOCC3)nc2)nc1. The van der Waals surface area contributed by atoms with E-state index in [1.54, 1.807) is 0 Å². The van der Waals surface area contributed by atoms with E-state index < -0.39 is 0 Å². The molecule has 21 heavy (non-hydrogen) atoms. The maximum absolute atomic E-state index is 5.35. The van der Waals surface area contributed by atoms with Crippen molar-refractivity contribution in [3.63, 3.8) is 0 Å². The van der Waals surface area contributed by atoms with Crippen molar-refractivity contribution in [3.8, 4) is 0 Å². The molecule has 0 unspecified atom stereocenters. The topological polar surface area (TPSA) is 50.3 Å². The zero-order chi connectivity index (χ0) is 14.5. The van der Waals surface area contributed by atoms with Crippen molar-refractivity contribution in [1.82, 2.24) is 9.97 Å². The van der Waals surface area contributed by atoms with Crippen LogP contribution >= 0.6 is 0 Å². The number of hydrogen-bond donors (Lipinski definition) is 1. The third kappa shape index (κ3) is 3.70. The lowest BCUT2D eigenvalue weighted by molar-refractivity contribution is 0.122. The molecule has 5 heteroatoms. The third-order valence-electron chi connectivity index (χ3n) is 3.53. The lowest BCUT2D eigenvalue weighted by Crippen LogP contribution is -2.36. The molecule has 110 valence electrons. The maximum atomic E-state index is 5.35. The van der Waals surface area contributed by atoms with Gasteiger partial charge in [0.2, 0.25) is 0 Å². The number of ether oxygens (including phenoxy) is 1. The first-order valence-electron chi connectivity index (χ1n) is 7.25. The molecular formula is C16H20N4O. The van der Waals surface area contributed by atoms with Crippen LogP contribution in [-0.2, 0) is 11.3 Å². The Balaban J connectivity index is 1.57. The summed E-state index contributed by atoms with van der Waals surface area (Å²) in [6, 6.07) is 8.23. The highest BCUT2D eigenvalue weighted by atomic mass is 16.5. The number of aryl methyl sites for hydroxylation is 1. The highest BCUT2D eigenvalue weighted by Crippen LogP contribution is 2.15. The Morgan fingerprint density at radius 3 is 2.62 bits per heavy atom. The third-order valence-corrected chi connectivity index (χ3v) is 3.53. The van der Waals surface area contributed by atoms with Crippen molar-refractivity contribution < 1.29 is 4.74 Å². The first-order chi connectivity index (χ1) is 10.3. The Labute approximate surface area is 125 Å². The molecule has 1 aliphatic rings. The monoisotopic (exact) mass is 284 g/mol. The number of rotatable bonds is 4. The molecule has 0 bridgehead atoms. The normalized spacial score (nSPS) is 15.0. The van der Waals surface area contributed by atoms with Crippen molar-refractivity contribution >= 4 is 11.5 Å². The van der Waals surface area contributed by atoms with Gasteiger partial charge in [0.1, 0.15) is 5.82 Å². The van der Waals surface area contributed by atoms with E-state index in [0.29, 0.717) is 6.54 Å². The minimum absolute atomic E-state index is 0.707. The summed E-state index contributed by atoms with van der Waals surface area (Å²) in [5, 5.41) is 3.34. The summed E-state index contributed by atoms with van der Waals surface area (Å²) in [6.45, 7) is 6.12. The molecule has 0 atom stereocenters. The molecule has 0 aliphatic carbocycles. The van der Waals surface area contributed by atoms with Crippen LogP contribution in [0.15, 0.2) is 36.7 Å². The van der Waals surface area contributed by atoms with Crippen molar-refractivity contribution in [3.05, 3.63) is 47.9 Å². The lowest BCUT2D eigenvalue weighted by atomic mass is 10.2. The van der Waals surface area contributed by atoms with Crippen molar-refractivity contribution in [1.29, 1.82) is 0 Å². The van der Waals surface area contributed by atoms with Crippen LogP contribution < -0.4 is 10.2 Å². The molecule has 0 amide bonds. The van der Waals surface area contributed by atoms with Crippen LogP contribution in [0.4, 0.5) is 11.5 Å². The lowest BCUT2D eigenvalue weighted by Gasteiger charge is -2.27. The van der Waals surface area contributed by atoms with Gasteiger partial charge in [0, 0.05) is 19.3 Å². The summed E-state index contributed by atoms with van der Waals surface area (Å²) in [5.74, 6) is 1.01. The molecule has 0 spiro atoms. The Bertz CT molecular complexity index is 562. The summed E-state index contributed by atoms with van der Waals surface area (Å²) < 4.78 is 5.35. The average Bonchev–Trinajstić information content (AvgIpc) is 2.56. The average molecular weight is 284 g/mol. The van der Waals surface area contributed by atoms with E-state index in [1.165, 1.54) is 5.56 Å². The fourth-order valence-electron chi connectivity index (χ4n) is 2.27. The summed E-state index contributed by atoms with van der Waals surface area (Å²) in [7, 11) is 0. The second kappa shape index (κ2) is 6.54. The molecule has 3 rings (SSSR count). The van der Waals surface area contributed by atoms with Gasteiger partial charge < -0.3 is 15.0 Å². The predicted octanol–water partition coefficient (Wildman–Crippen LogP) is 2.23. The van der Waals surface area contributed by atoms with E-state index in [2.05, 4.69) is 38.4 Å². The predicted molar refractivity (Wildman–Crippen MR) is 83.6 cm³/mol. The molecular weight excluding hydrogens is 264 g/mol. The van der Waals surface area contributed by atoms with Crippen LogP contribution in [0.3, 0.4) is 0 Å². The van der Waals surface area contributed by atoms with Crippen LogP contribution in [0.2, 0.25) is 0 Å². The fraction of sp³-hybridized carbons (Fsp3) is 0.375. The summed E-state index contributed by atoms with van der Waals surface area (Å²) in [5.41, 5.74) is 3.21. The highest BCUT2D eigenvalue weighted by Gasteiger charge is 2.11. The zero-order valence-corrected chi connectivity index (χ0v) is 12.2. The minimum atomic E-state index is 0.707. The number of anilines is 2. The van der Waals surface area contributed by atoms with Gasteiger partial charge in [0.15, 0.2) is 0 Å². The standard InChI is InChI=1S/C16H20N4O/c1-13-2-3-14(17-10-13)11-18-15-4-5-16(19-12-15)20-6-8-21-9-7-20/h2-5,10,12,18H,6-9,11H2,1H3. The number of morpholine rings is 1. The van der Waals surface area contributed by atoms with Gasteiger partial charge >= 0.3 is 0 Å². The second-order valence-electron chi connectivity index (χ2n) is 5.18. The summed E-state index contributed by atoms with van der Waals surface area (Å²) in [6.07, 6.45) is 3.76. The van der Waals surface area contributed by atoms with E-state index in [-0.39, 0.29) is 0 Å². The molecule has 3 heterocycles. The van der Waals surface area contributed by atoms with Crippen LogP contribution in [0.1, 0.15) is 11.3 Å². The molecule has 0 saturated carbocycles. The largest absolute Gasteiger partial charge is 0.378 e. The Morgan fingerprint density at radius 1 is 1.10 bits per heavy atom. The number of hydrogen-bond acceptors (Lipinski definition) is 5. The molecule has 1 fully saturated rings. The second-order valence-corrected chi connectivity index (χ2v) is 5.18. The van der Waals surface area contributed by atoms with Crippen molar-refractivity contribution in [2.75, 3.05) is 36.5 Å². The quantitative estimate of drug-likeness (QED) is 0.933. The van der Waals surface area contributed by atoms with Crippen molar-refractivity contribution in [2.45, 2.75) is 13.5 Å². The Kier molecular flexibility index (Phi) is 4.31. The van der Waals surface area contributed by atoms with Gasteiger partial charge in [-0.05, 0) is 30.7 Å². The van der Waals surface area contributed by atoms with Gasteiger partial charge in [-0.3, -0.25) is 4.98 Å². The number of aromatic nitrogens is 2.